The van der Waals surface area contributed by atoms with Gasteiger partial charge in [-0.3, -0.25) is 0 Å². The highest BCUT2D eigenvalue weighted by atomic mass is 16.5. The number of carbonyl (C=O) groups excluding carboxylic acids is 1. The number of ether oxygens (including phenoxy) is 1. The van der Waals surface area contributed by atoms with Crippen molar-refractivity contribution in [3.63, 3.8) is 0 Å². The minimum atomic E-state index is -0.300. The van der Waals surface area contributed by atoms with Crippen molar-refractivity contribution >= 4 is 5.97 Å². The number of aryl methyl sites for hydroxylation is 1. The van der Waals surface area contributed by atoms with Crippen LogP contribution in [-0.4, -0.2) is 5.97 Å². The molecule has 0 aromatic heterocycles. The summed E-state index contributed by atoms with van der Waals surface area (Å²) < 4.78 is 5.66. The highest BCUT2D eigenvalue weighted by Crippen LogP contribution is 2.28. The predicted molar refractivity (Wildman–Crippen MR) is 94.2 cm³/mol. The lowest BCUT2D eigenvalue weighted by Crippen LogP contribution is -2.16. The van der Waals surface area contributed by atoms with Gasteiger partial charge < -0.3 is 4.74 Å². The third kappa shape index (κ3) is 5.41. The molecular weight excluding hydrogens is 284 g/mol. The molecule has 2 aromatic carbocycles. The molecule has 2 heteroatoms. The van der Waals surface area contributed by atoms with E-state index >= 15 is 0 Å². The molecule has 0 aliphatic carbocycles. The second-order valence-electron chi connectivity index (χ2n) is 6.60. The van der Waals surface area contributed by atoms with Crippen LogP contribution in [0.5, 0.6) is 0 Å². The lowest BCUT2D eigenvalue weighted by Gasteiger charge is -2.22. The van der Waals surface area contributed by atoms with Gasteiger partial charge in [0.1, 0.15) is 5.76 Å². The molecule has 2 rings (SSSR count). The zero-order valence-corrected chi connectivity index (χ0v) is 14.1. The average Bonchev–Trinajstić information content (AvgIpc) is 2.54. The molecule has 0 saturated heterocycles. The SMILES string of the molecule is CC(C)(C)/C(=C\CCc1ccccc1)OC(=O)c1ccccc1. The van der Waals surface area contributed by atoms with E-state index in [0.717, 1.165) is 18.6 Å². The molecule has 0 radical (unpaired) electrons. The number of allylic oxidation sites excluding steroid dienone is 2. The van der Waals surface area contributed by atoms with Crippen molar-refractivity contribution in [3.05, 3.63) is 83.6 Å². The van der Waals surface area contributed by atoms with Gasteiger partial charge in [-0.05, 0) is 36.6 Å². The number of hydrogen-bond donors (Lipinski definition) is 0. The highest BCUT2D eigenvalue weighted by molar-refractivity contribution is 5.90. The predicted octanol–water partition coefficient (Wildman–Crippen LogP) is 5.41. The Morgan fingerprint density at radius 1 is 0.957 bits per heavy atom. The van der Waals surface area contributed by atoms with E-state index in [9.17, 15) is 4.79 Å². The van der Waals surface area contributed by atoms with Crippen LogP contribution in [0, 0.1) is 5.41 Å². The second-order valence-corrected chi connectivity index (χ2v) is 6.60. The molecular formula is C21H24O2. The van der Waals surface area contributed by atoms with Gasteiger partial charge in [0, 0.05) is 5.41 Å². The van der Waals surface area contributed by atoms with Crippen LogP contribution in [0.1, 0.15) is 43.1 Å². The van der Waals surface area contributed by atoms with E-state index in [4.69, 9.17) is 4.74 Å². The zero-order chi connectivity index (χ0) is 16.7. The first kappa shape index (κ1) is 17.0. The van der Waals surface area contributed by atoms with Crippen LogP contribution in [0.15, 0.2) is 72.5 Å². The van der Waals surface area contributed by atoms with E-state index in [1.165, 1.54) is 5.56 Å². The Kier molecular flexibility index (Phi) is 5.75. The fraction of sp³-hybridized carbons (Fsp3) is 0.286. The number of hydrogen-bond acceptors (Lipinski definition) is 2. The van der Waals surface area contributed by atoms with Crippen LogP contribution in [0.4, 0.5) is 0 Å². The summed E-state index contributed by atoms with van der Waals surface area (Å²) in [4.78, 5) is 12.3. The summed E-state index contributed by atoms with van der Waals surface area (Å²) in [5.74, 6) is 0.425. The molecule has 0 unspecified atom stereocenters. The summed E-state index contributed by atoms with van der Waals surface area (Å²) >= 11 is 0. The Bertz CT molecular complexity index is 649. The molecule has 23 heavy (non-hydrogen) atoms. The first-order valence-electron chi connectivity index (χ1n) is 7.98. The van der Waals surface area contributed by atoms with Crippen LogP contribution in [0.25, 0.3) is 0 Å². The van der Waals surface area contributed by atoms with Crippen molar-refractivity contribution in [3.8, 4) is 0 Å². The standard InChI is InChI=1S/C21H24O2/c1-21(2,3)19(16-10-13-17-11-6-4-7-12-17)23-20(22)18-14-8-5-9-15-18/h4-9,11-12,14-16H,10,13H2,1-3H3/b19-16+. The first-order chi connectivity index (χ1) is 11.0. The van der Waals surface area contributed by atoms with Crippen LogP contribution < -0.4 is 0 Å². The topological polar surface area (TPSA) is 26.3 Å². The molecule has 2 aromatic rings. The van der Waals surface area contributed by atoms with Gasteiger partial charge in [0.25, 0.3) is 0 Å². The van der Waals surface area contributed by atoms with Gasteiger partial charge in [-0.25, -0.2) is 4.79 Å². The van der Waals surface area contributed by atoms with Gasteiger partial charge >= 0.3 is 5.97 Å². The number of benzene rings is 2. The molecule has 0 amide bonds. The van der Waals surface area contributed by atoms with Crippen molar-refractivity contribution in [2.75, 3.05) is 0 Å². The Morgan fingerprint density at radius 2 is 1.52 bits per heavy atom. The van der Waals surface area contributed by atoms with Gasteiger partial charge in [0.05, 0.1) is 5.56 Å². The molecule has 0 N–H and O–H groups in total. The normalized spacial score (nSPS) is 12.0. The Labute approximate surface area is 138 Å². The minimum absolute atomic E-state index is 0.207. The molecule has 0 aliphatic heterocycles. The summed E-state index contributed by atoms with van der Waals surface area (Å²) in [7, 11) is 0. The fourth-order valence-electron chi connectivity index (χ4n) is 2.25. The Balaban J connectivity index is 2.05. The quantitative estimate of drug-likeness (QED) is 0.545. The van der Waals surface area contributed by atoms with Gasteiger partial charge in [-0.1, -0.05) is 69.3 Å². The summed E-state index contributed by atoms with van der Waals surface area (Å²) in [5, 5.41) is 0. The lowest BCUT2D eigenvalue weighted by atomic mass is 9.92. The molecule has 0 spiro atoms. The summed E-state index contributed by atoms with van der Waals surface area (Å²) in [6.07, 6.45) is 3.82. The monoisotopic (exact) mass is 308 g/mol. The van der Waals surface area contributed by atoms with E-state index in [2.05, 4.69) is 32.9 Å². The maximum atomic E-state index is 12.3. The van der Waals surface area contributed by atoms with Crippen molar-refractivity contribution < 1.29 is 9.53 Å². The van der Waals surface area contributed by atoms with Crippen molar-refractivity contribution in [2.45, 2.75) is 33.6 Å². The third-order valence-electron chi connectivity index (χ3n) is 3.56. The smallest absolute Gasteiger partial charge is 0.343 e. The van der Waals surface area contributed by atoms with Crippen LogP contribution in [-0.2, 0) is 11.2 Å². The maximum absolute atomic E-state index is 12.3. The molecule has 2 nitrogen and oxygen atoms in total. The lowest BCUT2D eigenvalue weighted by molar-refractivity contribution is 0.0554. The molecule has 0 atom stereocenters. The van der Waals surface area contributed by atoms with Crippen LogP contribution in [0.3, 0.4) is 0 Å². The molecule has 0 heterocycles. The van der Waals surface area contributed by atoms with E-state index in [0.29, 0.717) is 5.56 Å². The molecule has 120 valence electrons. The zero-order valence-electron chi connectivity index (χ0n) is 14.1. The Hall–Kier alpha value is -2.35. The van der Waals surface area contributed by atoms with E-state index < -0.39 is 0 Å². The third-order valence-corrected chi connectivity index (χ3v) is 3.56. The van der Waals surface area contributed by atoms with Crippen LogP contribution in [0.2, 0.25) is 0 Å². The number of esters is 1. The average molecular weight is 308 g/mol. The maximum Gasteiger partial charge on any atom is 0.343 e. The summed E-state index contributed by atoms with van der Waals surface area (Å²) in [5.41, 5.74) is 1.65. The van der Waals surface area contributed by atoms with Crippen molar-refractivity contribution in [1.82, 2.24) is 0 Å². The second kappa shape index (κ2) is 7.77. The van der Waals surface area contributed by atoms with Gasteiger partial charge in [-0.15, -0.1) is 0 Å². The van der Waals surface area contributed by atoms with Crippen molar-refractivity contribution in [1.29, 1.82) is 0 Å². The van der Waals surface area contributed by atoms with Gasteiger partial charge in [-0.2, -0.15) is 0 Å². The largest absolute Gasteiger partial charge is 0.427 e. The molecule has 0 aliphatic rings. The summed E-state index contributed by atoms with van der Waals surface area (Å²) in [6.45, 7) is 6.17. The highest BCUT2D eigenvalue weighted by Gasteiger charge is 2.22. The first-order valence-corrected chi connectivity index (χ1v) is 7.98. The van der Waals surface area contributed by atoms with Gasteiger partial charge in [0.15, 0.2) is 0 Å². The number of carbonyl (C=O) groups is 1. The molecule has 0 saturated carbocycles. The van der Waals surface area contributed by atoms with Crippen molar-refractivity contribution in [2.24, 2.45) is 5.41 Å². The summed E-state index contributed by atoms with van der Waals surface area (Å²) in [6, 6.07) is 19.4. The molecule has 0 fully saturated rings. The van der Waals surface area contributed by atoms with E-state index in [1.54, 1.807) is 12.1 Å². The minimum Gasteiger partial charge on any atom is -0.427 e. The van der Waals surface area contributed by atoms with E-state index in [1.807, 2.05) is 42.5 Å². The van der Waals surface area contributed by atoms with E-state index in [-0.39, 0.29) is 11.4 Å². The fourth-order valence-corrected chi connectivity index (χ4v) is 2.25. The van der Waals surface area contributed by atoms with Gasteiger partial charge in [0.2, 0.25) is 0 Å². The molecule has 0 bridgehead atoms. The number of rotatable bonds is 5. The van der Waals surface area contributed by atoms with Crippen LogP contribution >= 0.6 is 0 Å². The Morgan fingerprint density at radius 3 is 2.09 bits per heavy atom.